The molecule has 0 heterocycles. The zero-order valence-corrected chi connectivity index (χ0v) is 15.1. The summed E-state index contributed by atoms with van der Waals surface area (Å²) in [5.41, 5.74) is 0.0352. The molecular formula is C20H14ClNO6. The number of rotatable bonds is 7. The molecule has 0 saturated carbocycles. The van der Waals surface area contributed by atoms with Crippen molar-refractivity contribution in [3.63, 3.8) is 0 Å². The maximum Gasteiger partial charge on any atom is 0.342 e. The Labute approximate surface area is 164 Å². The number of nitrogens with zero attached hydrogens (tertiary/aromatic N) is 1. The van der Waals surface area contributed by atoms with Crippen LogP contribution in [0.5, 0.6) is 17.2 Å². The molecule has 0 bridgehead atoms. The highest BCUT2D eigenvalue weighted by Gasteiger charge is 2.20. The van der Waals surface area contributed by atoms with Crippen LogP contribution in [0.2, 0.25) is 5.02 Å². The Balaban J connectivity index is 1.67. The summed E-state index contributed by atoms with van der Waals surface area (Å²) in [6, 6.07) is 17.6. The van der Waals surface area contributed by atoms with E-state index in [9.17, 15) is 14.9 Å². The SMILES string of the molecule is O=C(O)c1cc(Oc2ccc(OCc3ccc(Cl)cc3)cc2)ccc1[N+](=O)[O-]. The van der Waals surface area contributed by atoms with E-state index in [0.29, 0.717) is 23.1 Å². The van der Waals surface area contributed by atoms with Crippen molar-refractivity contribution in [2.75, 3.05) is 0 Å². The topological polar surface area (TPSA) is 98.9 Å². The van der Waals surface area contributed by atoms with E-state index in [1.165, 1.54) is 6.07 Å². The van der Waals surface area contributed by atoms with Gasteiger partial charge < -0.3 is 14.6 Å². The first-order valence-electron chi connectivity index (χ1n) is 8.09. The largest absolute Gasteiger partial charge is 0.489 e. The lowest BCUT2D eigenvalue weighted by atomic mass is 10.1. The predicted molar refractivity (Wildman–Crippen MR) is 102 cm³/mol. The van der Waals surface area contributed by atoms with Crippen molar-refractivity contribution in [3.05, 3.63) is 93.0 Å². The molecule has 0 atom stereocenters. The van der Waals surface area contributed by atoms with Crippen LogP contribution in [0.3, 0.4) is 0 Å². The molecule has 0 unspecified atom stereocenters. The summed E-state index contributed by atoms with van der Waals surface area (Å²) in [7, 11) is 0. The standard InChI is InChI=1S/C20H14ClNO6/c21-14-3-1-13(2-4-14)12-27-15-5-7-16(8-6-15)28-17-9-10-19(22(25)26)18(11-17)20(23)24/h1-11H,12H2,(H,23,24). The molecule has 0 amide bonds. The van der Waals surface area contributed by atoms with Gasteiger partial charge in [0.15, 0.2) is 0 Å². The van der Waals surface area contributed by atoms with Crippen molar-refractivity contribution in [1.29, 1.82) is 0 Å². The fourth-order valence-corrected chi connectivity index (χ4v) is 2.52. The summed E-state index contributed by atoms with van der Waals surface area (Å²) >= 11 is 5.84. The monoisotopic (exact) mass is 399 g/mol. The van der Waals surface area contributed by atoms with Gasteiger partial charge in [-0.3, -0.25) is 10.1 Å². The number of hydrogen-bond acceptors (Lipinski definition) is 5. The fourth-order valence-electron chi connectivity index (χ4n) is 2.40. The van der Waals surface area contributed by atoms with Crippen molar-refractivity contribution < 1.29 is 24.3 Å². The third-order valence-electron chi connectivity index (χ3n) is 3.77. The Morgan fingerprint density at radius 3 is 2.18 bits per heavy atom. The number of benzene rings is 3. The minimum absolute atomic E-state index is 0.179. The molecule has 0 aliphatic heterocycles. The molecule has 0 aliphatic rings. The molecule has 3 aromatic rings. The second-order valence-electron chi connectivity index (χ2n) is 5.73. The summed E-state index contributed by atoms with van der Waals surface area (Å²) in [6.45, 7) is 0.377. The molecule has 7 nitrogen and oxygen atoms in total. The van der Waals surface area contributed by atoms with E-state index >= 15 is 0 Å². The van der Waals surface area contributed by atoms with Gasteiger partial charge in [-0.15, -0.1) is 0 Å². The Hall–Kier alpha value is -3.58. The number of carbonyl (C=O) groups is 1. The average molecular weight is 400 g/mol. The van der Waals surface area contributed by atoms with Crippen LogP contribution in [-0.2, 0) is 6.61 Å². The lowest BCUT2D eigenvalue weighted by Crippen LogP contribution is -2.02. The van der Waals surface area contributed by atoms with Crippen LogP contribution in [0.25, 0.3) is 0 Å². The van der Waals surface area contributed by atoms with E-state index in [2.05, 4.69) is 0 Å². The van der Waals surface area contributed by atoms with Crippen LogP contribution < -0.4 is 9.47 Å². The molecule has 3 aromatic carbocycles. The van der Waals surface area contributed by atoms with Gasteiger partial charge in [0.05, 0.1) is 4.92 Å². The van der Waals surface area contributed by atoms with E-state index in [1.807, 2.05) is 12.1 Å². The van der Waals surface area contributed by atoms with Gasteiger partial charge in [-0.1, -0.05) is 23.7 Å². The molecule has 0 aromatic heterocycles. The molecule has 0 saturated heterocycles. The highest BCUT2D eigenvalue weighted by atomic mass is 35.5. The molecule has 8 heteroatoms. The van der Waals surface area contributed by atoms with Crippen LogP contribution in [0.4, 0.5) is 5.69 Å². The number of nitro benzene ring substituents is 1. The van der Waals surface area contributed by atoms with Gasteiger partial charge in [-0.05, 0) is 48.0 Å². The number of nitro groups is 1. The smallest absolute Gasteiger partial charge is 0.342 e. The normalized spacial score (nSPS) is 10.3. The van der Waals surface area contributed by atoms with E-state index in [-0.39, 0.29) is 5.75 Å². The molecule has 0 fully saturated rings. The molecule has 28 heavy (non-hydrogen) atoms. The molecule has 142 valence electrons. The minimum atomic E-state index is -1.40. The third-order valence-corrected chi connectivity index (χ3v) is 4.03. The number of aromatic carboxylic acids is 1. The van der Waals surface area contributed by atoms with Crippen LogP contribution in [0.1, 0.15) is 15.9 Å². The van der Waals surface area contributed by atoms with Gasteiger partial charge in [0.2, 0.25) is 0 Å². The zero-order valence-electron chi connectivity index (χ0n) is 14.4. The zero-order chi connectivity index (χ0) is 20.1. The summed E-state index contributed by atoms with van der Waals surface area (Å²) in [4.78, 5) is 21.3. The lowest BCUT2D eigenvalue weighted by molar-refractivity contribution is -0.385. The second-order valence-corrected chi connectivity index (χ2v) is 6.17. The van der Waals surface area contributed by atoms with Crippen LogP contribution in [-0.4, -0.2) is 16.0 Å². The number of halogens is 1. The van der Waals surface area contributed by atoms with Crippen molar-refractivity contribution >= 4 is 23.3 Å². The third kappa shape index (κ3) is 4.77. The summed E-state index contributed by atoms with van der Waals surface area (Å²) < 4.78 is 11.3. The van der Waals surface area contributed by atoms with E-state index in [0.717, 1.165) is 17.7 Å². The van der Waals surface area contributed by atoms with Crippen LogP contribution in [0.15, 0.2) is 66.7 Å². The first-order valence-corrected chi connectivity index (χ1v) is 8.47. The number of carboxylic acids is 1. The van der Waals surface area contributed by atoms with Gasteiger partial charge in [0.1, 0.15) is 29.4 Å². The number of ether oxygens (including phenoxy) is 2. The minimum Gasteiger partial charge on any atom is -0.489 e. The Bertz CT molecular complexity index is 1000. The number of hydrogen-bond donors (Lipinski definition) is 1. The van der Waals surface area contributed by atoms with Gasteiger partial charge in [0, 0.05) is 17.2 Å². The maximum atomic E-state index is 11.2. The molecule has 0 aliphatic carbocycles. The average Bonchev–Trinajstić information content (AvgIpc) is 2.68. The van der Waals surface area contributed by atoms with E-state index in [4.69, 9.17) is 26.2 Å². The Kier molecular flexibility index (Phi) is 5.76. The first kappa shape index (κ1) is 19.2. The Morgan fingerprint density at radius 1 is 0.964 bits per heavy atom. The number of carboxylic acid groups (broad SMARTS) is 1. The first-order chi connectivity index (χ1) is 13.4. The van der Waals surface area contributed by atoms with Crippen LogP contribution in [0, 0.1) is 10.1 Å². The van der Waals surface area contributed by atoms with Crippen LogP contribution >= 0.6 is 11.6 Å². The second kappa shape index (κ2) is 8.41. The van der Waals surface area contributed by atoms with Crippen molar-refractivity contribution in [2.45, 2.75) is 6.61 Å². The van der Waals surface area contributed by atoms with E-state index < -0.39 is 22.1 Å². The fraction of sp³-hybridized carbons (Fsp3) is 0.0500. The highest BCUT2D eigenvalue weighted by molar-refractivity contribution is 6.30. The van der Waals surface area contributed by atoms with Gasteiger partial charge in [-0.2, -0.15) is 0 Å². The van der Waals surface area contributed by atoms with Gasteiger partial charge in [0.25, 0.3) is 5.69 Å². The molecule has 3 rings (SSSR count). The van der Waals surface area contributed by atoms with Crippen molar-refractivity contribution in [1.82, 2.24) is 0 Å². The molecule has 0 radical (unpaired) electrons. The van der Waals surface area contributed by atoms with Gasteiger partial charge in [-0.25, -0.2) is 4.79 Å². The van der Waals surface area contributed by atoms with Crippen molar-refractivity contribution in [2.24, 2.45) is 0 Å². The highest BCUT2D eigenvalue weighted by Crippen LogP contribution is 2.29. The molecule has 0 spiro atoms. The maximum absolute atomic E-state index is 11.2. The quantitative estimate of drug-likeness (QED) is 0.426. The Morgan fingerprint density at radius 2 is 1.57 bits per heavy atom. The summed E-state index contributed by atoms with van der Waals surface area (Å²) in [6.07, 6.45) is 0. The lowest BCUT2D eigenvalue weighted by Gasteiger charge is -2.09. The molecular weight excluding hydrogens is 386 g/mol. The predicted octanol–water partition coefficient (Wildman–Crippen LogP) is 5.32. The molecule has 1 N–H and O–H groups in total. The van der Waals surface area contributed by atoms with Gasteiger partial charge >= 0.3 is 5.97 Å². The van der Waals surface area contributed by atoms with E-state index in [1.54, 1.807) is 36.4 Å². The van der Waals surface area contributed by atoms with Crippen molar-refractivity contribution in [3.8, 4) is 17.2 Å². The summed E-state index contributed by atoms with van der Waals surface area (Å²) in [5, 5.41) is 20.7. The summed E-state index contributed by atoms with van der Waals surface area (Å²) in [5.74, 6) is -0.165.